The van der Waals surface area contributed by atoms with E-state index < -0.39 is 0 Å². The Kier molecular flexibility index (Phi) is 7.36. The van der Waals surface area contributed by atoms with Gasteiger partial charge in [0.2, 0.25) is 0 Å². The van der Waals surface area contributed by atoms with E-state index in [9.17, 15) is 4.79 Å². The van der Waals surface area contributed by atoms with Gasteiger partial charge in [0, 0.05) is 23.6 Å². The van der Waals surface area contributed by atoms with E-state index in [1.54, 1.807) is 23.1 Å². The van der Waals surface area contributed by atoms with Gasteiger partial charge in [-0.25, -0.2) is 0 Å². The number of carbonyl (C=O) groups is 1. The Bertz CT molecular complexity index is 886. The highest BCUT2D eigenvalue weighted by Crippen LogP contribution is 2.34. The lowest BCUT2D eigenvalue weighted by atomic mass is 10.2. The molecule has 28 heavy (non-hydrogen) atoms. The molecule has 1 aliphatic rings. The van der Waals surface area contributed by atoms with Crippen LogP contribution in [-0.2, 0) is 4.79 Å². The number of nitrogens with zero attached hydrogens (tertiary/aromatic N) is 1. The number of hydrogen-bond acceptors (Lipinski definition) is 5. The number of rotatable bonds is 8. The van der Waals surface area contributed by atoms with E-state index in [4.69, 9.17) is 33.3 Å². The van der Waals surface area contributed by atoms with Gasteiger partial charge < -0.3 is 9.47 Å². The van der Waals surface area contributed by atoms with E-state index in [2.05, 4.69) is 0 Å². The molecule has 0 aliphatic carbocycles. The monoisotopic (exact) mass is 433 g/mol. The van der Waals surface area contributed by atoms with Crippen LogP contribution in [0, 0.1) is 0 Å². The van der Waals surface area contributed by atoms with Crippen LogP contribution in [0.2, 0.25) is 5.02 Å². The van der Waals surface area contributed by atoms with Crippen LogP contribution in [0.15, 0.2) is 53.4 Å². The fourth-order valence-corrected chi connectivity index (χ4v) is 4.18. The van der Waals surface area contributed by atoms with Gasteiger partial charge in [0.25, 0.3) is 5.91 Å². The van der Waals surface area contributed by atoms with Crippen LogP contribution in [0.1, 0.15) is 18.9 Å². The van der Waals surface area contributed by atoms with Crippen molar-refractivity contribution >= 4 is 51.9 Å². The number of amides is 1. The first-order valence-corrected chi connectivity index (χ1v) is 10.5. The molecular formula is C21H20ClNO3S2. The SMILES string of the molecule is CCN1C(=O)/C(=C\c2cc(Cl)ccc2OCCCOc2ccccc2)SC1=S. The number of thioether (sulfide) groups is 1. The highest BCUT2D eigenvalue weighted by atomic mass is 35.5. The number of halogens is 1. The molecule has 1 saturated heterocycles. The lowest BCUT2D eigenvalue weighted by Gasteiger charge is -2.11. The van der Waals surface area contributed by atoms with Crippen molar-refractivity contribution in [2.75, 3.05) is 19.8 Å². The minimum atomic E-state index is -0.0836. The first-order chi connectivity index (χ1) is 13.6. The van der Waals surface area contributed by atoms with Crippen molar-refractivity contribution in [1.29, 1.82) is 0 Å². The van der Waals surface area contributed by atoms with Crippen LogP contribution in [0.3, 0.4) is 0 Å². The molecule has 0 radical (unpaired) electrons. The summed E-state index contributed by atoms with van der Waals surface area (Å²) in [6, 6.07) is 15.0. The third-order valence-electron chi connectivity index (χ3n) is 4.01. The van der Waals surface area contributed by atoms with E-state index in [1.165, 1.54) is 11.8 Å². The van der Waals surface area contributed by atoms with Gasteiger partial charge in [-0.3, -0.25) is 9.69 Å². The third-order valence-corrected chi connectivity index (χ3v) is 5.62. The van der Waals surface area contributed by atoms with E-state index in [-0.39, 0.29) is 5.91 Å². The lowest BCUT2D eigenvalue weighted by molar-refractivity contribution is -0.121. The lowest BCUT2D eigenvalue weighted by Crippen LogP contribution is -2.27. The van der Waals surface area contributed by atoms with Gasteiger partial charge in [0.1, 0.15) is 15.8 Å². The molecule has 0 atom stereocenters. The van der Waals surface area contributed by atoms with Gasteiger partial charge in [0.15, 0.2) is 0 Å². The van der Waals surface area contributed by atoms with Crippen molar-refractivity contribution in [3.05, 3.63) is 64.0 Å². The summed E-state index contributed by atoms with van der Waals surface area (Å²) in [6.45, 7) is 3.51. The molecule has 0 N–H and O–H groups in total. The minimum Gasteiger partial charge on any atom is -0.493 e. The molecular weight excluding hydrogens is 414 g/mol. The zero-order valence-electron chi connectivity index (χ0n) is 15.4. The predicted octanol–water partition coefficient (Wildman–Crippen LogP) is 5.41. The number of benzene rings is 2. The summed E-state index contributed by atoms with van der Waals surface area (Å²) < 4.78 is 12.1. The molecule has 1 aliphatic heterocycles. The summed E-state index contributed by atoms with van der Waals surface area (Å²) in [5, 5.41) is 0.581. The highest BCUT2D eigenvalue weighted by Gasteiger charge is 2.30. The average Bonchev–Trinajstić information content (AvgIpc) is 2.96. The van der Waals surface area contributed by atoms with Gasteiger partial charge in [-0.05, 0) is 43.3 Å². The molecule has 2 aromatic rings. The topological polar surface area (TPSA) is 38.8 Å². The van der Waals surface area contributed by atoms with E-state index in [0.717, 1.165) is 17.7 Å². The van der Waals surface area contributed by atoms with Crippen LogP contribution < -0.4 is 9.47 Å². The van der Waals surface area contributed by atoms with Gasteiger partial charge in [-0.2, -0.15) is 0 Å². The van der Waals surface area contributed by atoms with Crippen molar-refractivity contribution in [3.8, 4) is 11.5 Å². The van der Waals surface area contributed by atoms with Crippen LogP contribution in [0.4, 0.5) is 0 Å². The van der Waals surface area contributed by atoms with Gasteiger partial charge in [0.05, 0.1) is 18.1 Å². The fourth-order valence-electron chi connectivity index (χ4n) is 2.63. The second-order valence-electron chi connectivity index (χ2n) is 5.97. The molecule has 0 aromatic heterocycles. The summed E-state index contributed by atoms with van der Waals surface area (Å²) in [4.78, 5) is 14.6. The molecule has 0 bridgehead atoms. The Morgan fingerprint density at radius 3 is 2.61 bits per heavy atom. The Hall–Kier alpha value is -2.02. The van der Waals surface area contributed by atoms with Crippen LogP contribution >= 0.6 is 35.6 Å². The molecule has 1 heterocycles. The third kappa shape index (κ3) is 5.28. The molecule has 3 rings (SSSR count). The maximum absolute atomic E-state index is 12.4. The number of thiocarbonyl (C=S) groups is 1. The second-order valence-corrected chi connectivity index (χ2v) is 8.08. The number of ether oxygens (including phenoxy) is 2. The summed E-state index contributed by atoms with van der Waals surface area (Å²) >= 11 is 12.7. The Morgan fingerprint density at radius 1 is 1.14 bits per heavy atom. The molecule has 0 spiro atoms. The molecule has 2 aromatic carbocycles. The normalized spacial score (nSPS) is 15.4. The van der Waals surface area contributed by atoms with Crippen LogP contribution in [0.25, 0.3) is 6.08 Å². The first-order valence-electron chi connectivity index (χ1n) is 8.94. The van der Waals surface area contributed by atoms with Crippen molar-refractivity contribution in [2.24, 2.45) is 0 Å². The summed E-state index contributed by atoms with van der Waals surface area (Å²) in [5.74, 6) is 1.43. The number of hydrogen-bond donors (Lipinski definition) is 0. The zero-order chi connectivity index (χ0) is 19.9. The number of carbonyl (C=O) groups excluding carboxylic acids is 1. The molecule has 0 unspecified atom stereocenters. The zero-order valence-corrected chi connectivity index (χ0v) is 17.8. The van der Waals surface area contributed by atoms with Gasteiger partial charge in [-0.15, -0.1) is 0 Å². The Labute approximate surface area is 179 Å². The number of likely N-dealkylation sites (N-methyl/N-ethyl adjacent to an activating group) is 1. The van der Waals surface area contributed by atoms with E-state index >= 15 is 0 Å². The minimum absolute atomic E-state index is 0.0836. The Morgan fingerprint density at radius 2 is 1.89 bits per heavy atom. The molecule has 1 amide bonds. The second kappa shape index (κ2) is 9.96. The van der Waals surface area contributed by atoms with E-state index in [0.29, 0.717) is 39.8 Å². The molecule has 7 heteroatoms. The average molecular weight is 434 g/mol. The van der Waals surface area contributed by atoms with Crippen LogP contribution in [-0.4, -0.2) is 34.9 Å². The molecule has 0 saturated carbocycles. The van der Waals surface area contributed by atoms with Crippen molar-refractivity contribution in [1.82, 2.24) is 4.90 Å². The maximum atomic E-state index is 12.4. The molecule has 4 nitrogen and oxygen atoms in total. The van der Waals surface area contributed by atoms with E-state index in [1.807, 2.05) is 43.3 Å². The standard InChI is InChI=1S/C21H20ClNO3S2/c1-2-23-20(24)19(28-21(23)27)14-15-13-16(22)9-10-18(15)26-12-6-11-25-17-7-4-3-5-8-17/h3-5,7-10,13-14H,2,6,11-12H2,1H3/b19-14+. The largest absolute Gasteiger partial charge is 0.493 e. The number of para-hydroxylation sites is 1. The smallest absolute Gasteiger partial charge is 0.266 e. The summed E-state index contributed by atoms with van der Waals surface area (Å²) in [6.07, 6.45) is 2.52. The fraction of sp³-hybridized carbons (Fsp3) is 0.238. The van der Waals surface area contributed by atoms with Crippen molar-refractivity contribution in [2.45, 2.75) is 13.3 Å². The van der Waals surface area contributed by atoms with Crippen molar-refractivity contribution in [3.63, 3.8) is 0 Å². The maximum Gasteiger partial charge on any atom is 0.266 e. The predicted molar refractivity (Wildman–Crippen MR) is 119 cm³/mol. The highest BCUT2D eigenvalue weighted by molar-refractivity contribution is 8.26. The van der Waals surface area contributed by atoms with Crippen molar-refractivity contribution < 1.29 is 14.3 Å². The molecule has 1 fully saturated rings. The quantitative estimate of drug-likeness (QED) is 0.316. The summed E-state index contributed by atoms with van der Waals surface area (Å²) in [5.41, 5.74) is 0.757. The molecule has 146 valence electrons. The Balaban J connectivity index is 1.62. The van der Waals surface area contributed by atoms with Crippen LogP contribution in [0.5, 0.6) is 11.5 Å². The van der Waals surface area contributed by atoms with Gasteiger partial charge >= 0.3 is 0 Å². The summed E-state index contributed by atoms with van der Waals surface area (Å²) in [7, 11) is 0. The van der Waals surface area contributed by atoms with Gasteiger partial charge in [-0.1, -0.05) is 53.8 Å². The first kappa shape index (κ1) is 20.7.